The van der Waals surface area contributed by atoms with Gasteiger partial charge in [-0.3, -0.25) is 9.69 Å². The van der Waals surface area contributed by atoms with Gasteiger partial charge in [0.15, 0.2) is 5.17 Å². The van der Waals surface area contributed by atoms with Gasteiger partial charge >= 0.3 is 0 Å². The van der Waals surface area contributed by atoms with Crippen molar-refractivity contribution in [3.05, 3.63) is 113 Å². The maximum atomic E-state index is 13.2. The van der Waals surface area contributed by atoms with E-state index in [0.717, 1.165) is 22.6 Å². The minimum absolute atomic E-state index is 0.0596. The molecule has 5 rings (SSSR count). The molecule has 1 fully saturated rings. The Morgan fingerprint density at radius 3 is 2.46 bits per heavy atom. The summed E-state index contributed by atoms with van der Waals surface area (Å²) in [5.41, 5.74) is 2.89. The Bertz CT molecular complexity index is 1430. The highest BCUT2D eigenvalue weighted by molar-refractivity contribution is 8.18. The van der Waals surface area contributed by atoms with E-state index >= 15 is 0 Å². The predicted molar refractivity (Wildman–Crippen MR) is 152 cm³/mol. The number of thioether (sulfide) groups is 1. The number of nitrogens with zero attached hydrogens (tertiary/aromatic N) is 2. The number of carbonyl (C=O) groups excluding carboxylic acids is 1. The molecule has 0 atom stereocenters. The van der Waals surface area contributed by atoms with Crippen LogP contribution in [0.25, 0.3) is 16.8 Å². The van der Waals surface area contributed by atoms with Crippen LogP contribution in [0.2, 0.25) is 0 Å². The summed E-state index contributed by atoms with van der Waals surface area (Å²) in [5.74, 6) is 0.723. The van der Waals surface area contributed by atoms with Gasteiger partial charge in [0, 0.05) is 6.61 Å². The second-order valence-corrected chi connectivity index (χ2v) is 9.50. The summed E-state index contributed by atoms with van der Waals surface area (Å²) >= 11 is 1.39. The number of fused-ring (bicyclic) bond motifs is 1. The van der Waals surface area contributed by atoms with E-state index in [1.165, 1.54) is 22.5 Å². The molecule has 186 valence electrons. The van der Waals surface area contributed by atoms with Crippen molar-refractivity contribution in [3.63, 3.8) is 0 Å². The average Bonchev–Trinajstić information content (AvgIpc) is 3.22. The molecule has 0 radical (unpaired) electrons. The van der Waals surface area contributed by atoms with Gasteiger partial charge in [-0.15, -0.1) is 0 Å². The third kappa shape index (κ3) is 6.10. The standard InChI is InChI=1S/C31H28N2O3S/c1-2-35-20-19-33-30(34)29(37-31(33)32-26-12-4-3-5-13-26)21-23-15-17-27(18-16-23)36-22-25-11-8-10-24-9-6-7-14-28(24)25/h3-18,21H,2,19-20,22H2,1H3/b29-21-,32-31?. The van der Waals surface area contributed by atoms with Gasteiger partial charge in [0.2, 0.25) is 0 Å². The first-order valence-corrected chi connectivity index (χ1v) is 13.2. The zero-order valence-corrected chi connectivity index (χ0v) is 21.5. The van der Waals surface area contributed by atoms with Gasteiger partial charge in [-0.2, -0.15) is 0 Å². The first-order valence-electron chi connectivity index (χ1n) is 12.3. The SMILES string of the molecule is CCOCCN1C(=O)/C(=C/c2ccc(OCc3cccc4ccccc34)cc2)SC1=Nc1ccccc1. The van der Waals surface area contributed by atoms with E-state index in [0.29, 0.717) is 36.4 Å². The van der Waals surface area contributed by atoms with E-state index in [1.54, 1.807) is 4.90 Å². The summed E-state index contributed by atoms with van der Waals surface area (Å²) in [4.78, 5) is 20.3. The van der Waals surface area contributed by atoms with Crippen molar-refractivity contribution in [2.45, 2.75) is 13.5 Å². The molecule has 1 saturated heterocycles. The number of amidine groups is 1. The van der Waals surface area contributed by atoms with Gasteiger partial charge in [0.25, 0.3) is 5.91 Å². The van der Waals surface area contributed by atoms with E-state index in [9.17, 15) is 4.79 Å². The topological polar surface area (TPSA) is 51.1 Å². The van der Waals surface area contributed by atoms with Crippen LogP contribution in [0.5, 0.6) is 5.75 Å². The van der Waals surface area contributed by atoms with Crippen LogP contribution in [0.1, 0.15) is 18.1 Å². The molecular weight excluding hydrogens is 480 g/mol. The number of para-hydroxylation sites is 1. The predicted octanol–water partition coefficient (Wildman–Crippen LogP) is 7.06. The van der Waals surface area contributed by atoms with Gasteiger partial charge in [-0.25, -0.2) is 4.99 Å². The van der Waals surface area contributed by atoms with Crippen LogP contribution >= 0.6 is 11.8 Å². The van der Waals surface area contributed by atoms with Crippen molar-refractivity contribution in [2.24, 2.45) is 4.99 Å². The van der Waals surface area contributed by atoms with Gasteiger partial charge in [-0.1, -0.05) is 72.8 Å². The molecule has 0 aromatic heterocycles. The molecule has 4 aromatic rings. The highest BCUT2D eigenvalue weighted by Gasteiger charge is 2.33. The highest BCUT2D eigenvalue weighted by atomic mass is 32.2. The van der Waals surface area contributed by atoms with Crippen LogP contribution in [0.4, 0.5) is 5.69 Å². The molecule has 0 unspecified atom stereocenters. The van der Waals surface area contributed by atoms with Crippen LogP contribution in [0.3, 0.4) is 0 Å². The molecule has 1 heterocycles. The van der Waals surface area contributed by atoms with E-state index in [4.69, 9.17) is 14.5 Å². The molecule has 0 bridgehead atoms. The summed E-state index contributed by atoms with van der Waals surface area (Å²) in [7, 11) is 0. The van der Waals surface area contributed by atoms with Crippen LogP contribution < -0.4 is 4.74 Å². The molecule has 0 N–H and O–H groups in total. The zero-order chi connectivity index (χ0) is 25.5. The van der Waals surface area contributed by atoms with E-state index in [-0.39, 0.29) is 5.91 Å². The van der Waals surface area contributed by atoms with Gasteiger partial charge in [0.1, 0.15) is 12.4 Å². The quantitative estimate of drug-likeness (QED) is 0.179. The first-order chi connectivity index (χ1) is 18.2. The minimum Gasteiger partial charge on any atom is -0.489 e. The fraction of sp³-hybridized carbons (Fsp3) is 0.161. The number of carbonyl (C=O) groups is 1. The Labute approximate surface area is 221 Å². The number of hydrogen-bond donors (Lipinski definition) is 0. The molecule has 0 aliphatic carbocycles. The number of rotatable bonds is 9. The minimum atomic E-state index is -0.0596. The lowest BCUT2D eigenvalue weighted by Crippen LogP contribution is -2.32. The lowest BCUT2D eigenvalue weighted by Gasteiger charge is -2.15. The Kier molecular flexibility index (Phi) is 7.99. The van der Waals surface area contributed by atoms with Crippen molar-refractivity contribution in [1.82, 2.24) is 4.90 Å². The molecule has 37 heavy (non-hydrogen) atoms. The third-order valence-electron chi connectivity index (χ3n) is 5.98. The van der Waals surface area contributed by atoms with Gasteiger partial charge < -0.3 is 9.47 Å². The molecule has 1 aliphatic rings. The fourth-order valence-corrected chi connectivity index (χ4v) is 5.12. The number of benzene rings is 4. The largest absolute Gasteiger partial charge is 0.489 e. The molecular formula is C31H28N2O3S. The Morgan fingerprint density at radius 1 is 0.892 bits per heavy atom. The van der Waals surface area contributed by atoms with Crippen molar-refractivity contribution in [2.75, 3.05) is 19.8 Å². The summed E-state index contributed by atoms with van der Waals surface area (Å²) in [6, 6.07) is 32.1. The van der Waals surface area contributed by atoms with E-state index in [2.05, 4.69) is 30.3 Å². The molecule has 4 aromatic carbocycles. The number of hydrogen-bond acceptors (Lipinski definition) is 5. The molecule has 5 nitrogen and oxygen atoms in total. The first kappa shape index (κ1) is 24.8. The Morgan fingerprint density at radius 2 is 1.65 bits per heavy atom. The van der Waals surface area contributed by atoms with Crippen LogP contribution in [-0.4, -0.2) is 35.7 Å². The number of ether oxygens (including phenoxy) is 2. The average molecular weight is 509 g/mol. The number of amides is 1. The van der Waals surface area contributed by atoms with Crippen molar-refractivity contribution in [1.29, 1.82) is 0 Å². The lowest BCUT2D eigenvalue weighted by atomic mass is 10.1. The van der Waals surface area contributed by atoms with E-state index in [1.807, 2.05) is 79.7 Å². The normalized spacial score (nSPS) is 15.7. The third-order valence-corrected chi connectivity index (χ3v) is 6.99. The maximum absolute atomic E-state index is 13.2. The second kappa shape index (κ2) is 11.9. The maximum Gasteiger partial charge on any atom is 0.266 e. The second-order valence-electron chi connectivity index (χ2n) is 8.49. The molecule has 1 aliphatic heterocycles. The van der Waals surface area contributed by atoms with Crippen molar-refractivity contribution in [3.8, 4) is 5.75 Å². The summed E-state index contributed by atoms with van der Waals surface area (Å²) in [5, 5.41) is 3.07. The Hall–Kier alpha value is -3.87. The van der Waals surface area contributed by atoms with Gasteiger partial charge in [0.05, 0.1) is 23.7 Å². The molecule has 1 amide bonds. The smallest absolute Gasteiger partial charge is 0.266 e. The fourth-order valence-electron chi connectivity index (χ4n) is 4.09. The molecule has 6 heteroatoms. The highest BCUT2D eigenvalue weighted by Crippen LogP contribution is 2.34. The van der Waals surface area contributed by atoms with Crippen LogP contribution in [0, 0.1) is 0 Å². The van der Waals surface area contributed by atoms with Crippen molar-refractivity contribution < 1.29 is 14.3 Å². The summed E-state index contributed by atoms with van der Waals surface area (Å²) in [6.45, 7) is 3.97. The monoisotopic (exact) mass is 508 g/mol. The number of aliphatic imine (C=N–C) groups is 1. The zero-order valence-electron chi connectivity index (χ0n) is 20.7. The summed E-state index contributed by atoms with van der Waals surface area (Å²) in [6.07, 6.45) is 1.91. The molecule has 0 spiro atoms. The van der Waals surface area contributed by atoms with Crippen molar-refractivity contribution >= 4 is 45.4 Å². The van der Waals surface area contributed by atoms with Crippen LogP contribution in [0.15, 0.2) is 107 Å². The summed E-state index contributed by atoms with van der Waals surface area (Å²) < 4.78 is 11.6. The van der Waals surface area contributed by atoms with Gasteiger partial charge in [-0.05, 0) is 70.9 Å². The Balaban J connectivity index is 1.30. The van der Waals surface area contributed by atoms with E-state index < -0.39 is 0 Å². The van der Waals surface area contributed by atoms with Crippen LogP contribution in [-0.2, 0) is 16.1 Å². The lowest BCUT2D eigenvalue weighted by molar-refractivity contribution is -0.122. The molecule has 0 saturated carbocycles.